The number of benzene rings is 1. The van der Waals surface area contributed by atoms with Gasteiger partial charge in [-0.15, -0.1) is 0 Å². The average molecular weight is 375 g/mol. The summed E-state index contributed by atoms with van der Waals surface area (Å²) in [4.78, 5) is 12.1. The van der Waals surface area contributed by atoms with Crippen LogP contribution in [0.4, 0.5) is 0 Å². The lowest BCUT2D eigenvalue weighted by Crippen LogP contribution is -2.37. The lowest BCUT2D eigenvalue weighted by atomic mass is 9.93. The maximum absolute atomic E-state index is 12.1. The van der Waals surface area contributed by atoms with Gasteiger partial charge < -0.3 is 5.32 Å². The predicted molar refractivity (Wildman–Crippen MR) is 93.0 cm³/mol. The maximum Gasteiger partial charge on any atom is 0.240 e. The van der Waals surface area contributed by atoms with E-state index < -0.39 is 10.0 Å². The zero-order valence-electron chi connectivity index (χ0n) is 13.7. The van der Waals surface area contributed by atoms with Gasteiger partial charge >= 0.3 is 0 Å². The Bertz CT molecular complexity index is 656. The summed E-state index contributed by atoms with van der Waals surface area (Å²) in [6.07, 6.45) is 0.395. The number of sulfonamides is 1. The Labute approximate surface area is 147 Å². The Morgan fingerprint density at radius 1 is 1.12 bits per heavy atom. The molecule has 1 amide bonds. The minimum atomic E-state index is -3.59. The molecule has 2 unspecified atom stereocenters. The van der Waals surface area contributed by atoms with Crippen molar-refractivity contribution in [1.29, 1.82) is 0 Å². The monoisotopic (exact) mass is 374 g/mol. The van der Waals surface area contributed by atoms with Crippen LogP contribution in [0.15, 0.2) is 29.2 Å². The van der Waals surface area contributed by atoms with Gasteiger partial charge in [0.15, 0.2) is 0 Å². The molecule has 0 aliphatic carbocycles. The second kappa shape index (κ2) is 8.26. The molecule has 1 aromatic rings. The van der Waals surface area contributed by atoms with Crippen molar-refractivity contribution in [2.45, 2.75) is 37.2 Å². The Kier molecular flexibility index (Phi) is 6.59. The number of carbonyl (C=O) groups is 1. The van der Waals surface area contributed by atoms with Gasteiger partial charge in [-0.25, -0.2) is 13.1 Å². The largest absolute Gasteiger partial charge is 0.355 e. The third-order valence-corrected chi connectivity index (χ3v) is 5.84. The number of halogens is 1. The molecule has 4 N–H and O–H groups in total. The molecule has 0 spiro atoms. The van der Waals surface area contributed by atoms with E-state index in [1.807, 2.05) is 13.8 Å². The first-order valence-electron chi connectivity index (χ1n) is 7.82. The molecule has 7 nitrogen and oxygen atoms in total. The number of rotatable bonds is 7. The van der Waals surface area contributed by atoms with Crippen LogP contribution in [0.25, 0.3) is 0 Å². The highest BCUT2D eigenvalue weighted by Crippen LogP contribution is 2.18. The summed E-state index contributed by atoms with van der Waals surface area (Å²) < 4.78 is 26.6. The van der Waals surface area contributed by atoms with E-state index in [-0.39, 0.29) is 41.9 Å². The summed E-state index contributed by atoms with van der Waals surface area (Å²) in [5, 5.41) is 3.21. The summed E-state index contributed by atoms with van der Waals surface area (Å²) in [5.41, 5.74) is 6.21. The third kappa shape index (κ3) is 5.15. The fourth-order valence-corrected chi connectivity index (χ4v) is 3.79. The first kappa shape index (κ1) is 19.1. The standard InChI is InChI=1S/C15H23ClN4O3S/c1-10-14(11(2)20-19-10)9-15(21)17-7-8-18-24(22,23)13-5-3-12(16)4-6-13/h3-6,10-11,14,18-20H,7-9H2,1-2H3,(H,17,21). The van der Waals surface area contributed by atoms with Gasteiger partial charge in [-0.2, -0.15) is 0 Å². The number of nitrogens with one attached hydrogen (secondary N) is 4. The molecule has 0 radical (unpaired) electrons. The normalized spacial score (nSPS) is 24.0. The maximum atomic E-state index is 12.1. The van der Waals surface area contributed by atoms with Crippen LogP contribution in [-0.2, 0) is 14.8 Å². The summed E-state index contributed by atoms with van der Waals surface area (Å²) in [6.45, 7) is 4.41. The smallest absolute Gasteiger partial charge is 0.240 e. The van der Waals surface area contributed by atoms with Crippen molar-refractivity contribution >= 4 is 27.5 Å². The number of hydrazine groups is 1. The van der Waals surface area contributed by atoms with Crippen LogP contribution in [0.3, 0.4) is 0 Å². The second-order valence-electron chi connectivity index (χ2n) is 5.94. The number of amides is 1. The molecule has 0 aromatic heterocycles. The van der Waals surface area contributed by atoms with Gasteiger partial charge in [-0.05, 0) is 38.1 Å². The van der Waals surface area contributed by atoms with Gasteiger partial charge in [0.2, 0.25) is 15.9 Å². The van der Waals surface area contributed by atoms with Crippen LogP contribution < -0.4 is 20.9 Å². The van der Waals surface area contributed by atoms with Gasteiger partial charge in [0.05, 0.1) is 4.90 Å². The van der Waals surface area contributed by atoms with Crippen LogP contribution in [-0.4, -0.2) is 39.5 Å². The van der Waals surface area contributed by atoms with Gasteiger partial charge in [0, 0.05) is 42.5 Å². The summed E-state index contributed by atoms with van der Waals surface area (Å²) in [6, 6.07) is 6.34. The Hall–Kier alpha value is -1.19. The molecule has 1 aromatic carbocycles. The molecule has 134 valence electrons. The molecule has 2 rings (SSSR count). The molecule has 1 saturated heterocycles. The Balaban J connectivity index is 1.74. The molecule has 1 aliphatic heterocycles. The van der Waals surface area contributed by atoms with E-state index in [4.69, 9.17) is 11.6 Å². The first-order chi connectivity index (χ1) is 11.3. The molecular weight excluding hydrogens is 352 g/mol. The number of hydrogen-bond donors (Lipinski definition) is 4. The van der Waals surface area contributed by atoms with Crippen molar-refractivity contribution in [2.24, 2.45) is 5.92 Å². The van der Waals surface area contributed by atoms with Crippen molar-refractivity contribution in [3.05, 3.63) is 29.3 Å². The molecule has 1 aliphatic rings. The van der Waals surface area contributed by atoms with Crippen molar-refractivity contribution in [3.8, 4) is 0 Å². The van der Waals surface area contributed by atoms with E-state index in [0.717, 1.165) is 0 Å². The Morgan fingerprint density at radius 3 is 2.29 bits per heavy atom. The van der Waals surface area contributed by atoms with E-state index >= 15 is 0 Å². The van der Waals surface area contributed by atoms with E-state index in [1.165, 1.54) is 24.3 Å². The van der Waals surface area contributed by atoms with Crippen molar-refractivity contribution < 1.29 is 13.2 Å². The SMILES string of the molecule is CC1NNC(C)C1CC(=O)NCCNS(=O)(=O)c1ccc(Cl)cc1. The van der Waals surface area contributed by atoms with E-state index in [9.17, 15) is 13.2 Å². The van der Waals surface area contributed by atoms with Crippen molar-refractivity contribution in [2.75, 3.05) is 13.1 Å². The lowest BCUT2D eigenvalue weighted by molar-refractivity contribution is -0.122. The lowest BCUT2D eigenvalue weighted by Gasteiger charge is -2.17. The predicted octanol–water partition coefficient (Wildman–Crippen LogP) is 0.626. The summed E-state index contributed by atoms with van der Waals surface area (Å²) in [5.74, 6) is 0.116. The zero-order chi connectivity index (χ0) is 17.7. The van der Waals surface area contributed by atoms with Crippen molar-refractivity contribution in [3.63, 3.8) is 0 Å². The molecule has 1 heterocycles. The third-order valence-electron chi connectivity index (χ3n) is 4.11. The summed E-state index contributed by atoms with van der Waals surface area (Å²) in [7, 11) is -3.59. The topological polar surface area (TPSA) is 99.3 Å². The fraction of sp³-hybridized carbons (Fsp3) is 0.533. The van der Waals surface area contributed by atoms with Crippen LogP contribution in [0.2, 0.25) is 5.02 Å². The minimum absolute atomic E-state index is 0.0881. The van der Waals surface area contributed by atoms with Gasteiger partial charge in [0.25, 0.3) is 0 Å². The van der Waals surface area contributed by atoms with Crippen LogP contribution in [0.1, 0.15) is 20.3 Å². The molecule has 0 saturated carbocycles. The van der Waals surface area contributed by atoms with Crippen LogP contribution >= 0.6 is 11.6 Å². The molecule has 1 fully saturated rings. The number of hydrogen-bond acceptors (Lipinski definition) is 5. The van der Waals surface area contributed by atoms with Gasteiger partial charge in [-0.1, -0.05) is 11.6 Å². The van der Waals surface area contributed by atoms with E-state index in [2.05, 4.69) is 20.9 Å². The molecule has 2 atom stereocenters. The van der Waals surface area contributed by atoms with E-state index in [1.54, 1.807) is 0 Å². The zero-order valence-corrected chi connectivity index (χ0v) is 15.2. The summed E-state index contributed by atoms with van der Waals surface area (Å²) >= 11 is 5.74. The van der Waals surface area contributed by atoms with E-state index in [0.29, 0.717) is 11.4 Å². The van der Waals surface area contributed by atoms with Crippen molar-refractivity contribution in [1.82, 2.24) is 20.9 Å². The highest BCUT2D eigenvalue weighted by Gasteiger charge is 2.31. The quantitative estimate of drug-likeness (QED) is 0.524. The minimum Gasteiger partial charge on any atom is -0.355 e. The average Bonchev–Trinajstić information content (AvgIpc) is 2.84. The fourth-order valence-electron chi connectivity index (χ4n) is 2.63. The highest BCUT2D eigenvalue weighted by molar-refractivity contribution is 7.89. The van der Waals surface area contributed by atoms with Crippen LogP contribution in [0, 0.1) is 5.92 Å². The second-order valence-corrected chi connectivity index (χ2v) is 8.14. The molecule has 0 bridgehead atoms. The molecule has 9 heteroatoms. The first-order valence-corrected chi connectivity index (χ1v) is 9.68. The molecular formula is C15H23ClN4O3S. The molecule has 24 heavy (non-hydrogen) atoms. The van der Waals surface area contributed by atoms with Gasteiger partial charge in [0.1, 0.15) is 0 Å². The Morgan fingerprint density at radius 2 is 1.71 bits per heavy atom. The van der Waals surface area contributed by atoms with Gasteiger partial charge in [-0.3, -0.25) is 15.6 Å². The highest BCUT2D eigenvalue weighted by atomic mass is 35.5. The number of carbonyl (C=O) groups excluding carboxylic acids is 1. The van der Waals surface area contributed by atoms with Crippen LogP contribution in [0.5, 0.6) is 0 Å².